The molecule has 0 unspecified atom stereocenters. The molecular weight excluding hydrogens is 302 g/mol. The third kappa shape index (κ3) is 7.33. The number of anilines is 2. The van der Waals surface area contributed by atoms with E-state index in [0.29, 0.717) is 5.11 Å². The van der Waals surface area contributed by atoms with Crippen LogP contribution in [0.25, 0.3) is 0 Å². The van der Waals surface area contributed by atoms with Gasteiger partial charge >= 0.3 is 0 Å². The highest BCUT2D eigenvalue weighted by Crippen LogP contribution is 2.17. The molecule has 0 saturated heterocycles. The second-order valence-corrected chi connectivity index (χ2v) is 6.36. The van der Waals surface area contributed by atoms with Crippen LogP contribution in [-0.2, 0) is 0 Å². The van der Waals surface area contributed by atoms with Gasteiger partial charge in [-0.3, -0.25) is 0 Å². The van der Waals surface area contributed by atoms with Gasteiger partial charge in [0.25, 0.3) is 0 Å². The molecular formula is C19H27N3S. The fraction of sp³-hybridized carbons (Fsp3) is 0.421. The number of thiocarbonyl (C=S) groups is 1. The van der Waals surface area contributed by atoms with E-state index in [1.807, 2.05) is 18.2 Å². The van der Waals surface area contributed by atoms with Gasteiger partial charge in [0.05, 0.1) is 0 Å². The summed E-state index contributed by atoms with van der Waals surface area (Å²) in [6.07, 6.45) is 15.7. The number of hydrogen-bond donors (Lipinski definition) is 3. The summed E-state index contributed by atoms with van der Waals surface area (Å²) < 4.78 is 0. The Balaban J connectivity index is 1.56. The van der Waals surface area contributed by atoms with E-state index in [9.17, 15) is 0 Å². The van der Waals surface area contributed by atoms with E-state index in [1.165, 1.54) is 50.5 Å². The highest BCUT2D eigenvalue weighted by Gasteiger charge is 1.99. The molecule has 1 aliphatic carbocycles. The molecule has 4 N–H and O–H groups in total. The molecule has 0 atom stereocenters. The predicted octanol–water partition coefficient (Wildman–Crippen LogP) is 4.98. The molecule has 0 heterocycles. The van der Waals surface area contributed by atoms with Crippen LogP contribution in [0.1, 0.15) is 44.9 Å². The maximum atomic E-state index is 5.49. The van der Waals surface area contributed by atoms with Crippen molar-refractivity contribution in [1.82, 2.24) is 0 Å². The van der Waals surface area contributed by atoms with Crippen LogP contribution in [-0.4, -0.2) is 11.7 Å². The van der Waals surface area contributed by atoms with Crippen molar-refractivity contribution in [2.45, 2.75) is 44.9 Å². The number of allylic oxidation sites excluding steroid dienone is 4. The van der Waals surface area contributed by atoms with E-state index in [2.05, 4.69) is 34.9 Å². The third-order valence-electron chi connectivity index (χ3n) is 3.92. The van der Waals surface area contributed by atoms with Crippen LogP contribution in [0.4, 0.5) is 11.4 Å². The number of rotatable bonds is 9. The molecule has 1 aliphatic rings. The lowest BCUT2D eigenvalue weighted by Crippen LogP contribution is -2.18. The van der Waals surface area contributed by atoms with Crippen molar-refractivity contribution >= 4 is 28.7 Å². The molecule has 1 aromatic carbocycles. The van der Waals surface area contributed by atoms with Crippen LogP contribution in [0.15, 0.2) is 48.1 Å². The SMILES string of the molecule is NC(=S)Nc1cccc(NCCCCCCC2=CCCC=C2)c1. The first kappa shape index (κ1) is 17.5. The topological polar surface area (TPSA) is 50.1 Å². The van der Waals surface area contributed by atoms with Crippen molar-refractivity contribution in [3.63, 3.8) is 0 Å². The van der Waals surface area contributed by atoms with Gasteiger partial charge in [-0.05, 0) is 62.5 Å². The first-order valence-electron chi connectivity index (χ1n) is 8.50. The normalized spacial score (nSPS) is 13.5. The lowest BCUT2D eigenvalue weighted by molar-refractivity contribution is 0.654. The lowest BCUT2D eigenvalue weighted by atomic mass is 10.0. The van der Waals surface area contributed by atoms with Crippen LogP contribution >= 0.6 is 12.2 Å². The van der Waals surface area contributed by atoms with Crippen LogP contribution in [0.2, 0.25) is 0 Å². The van der Waals surface area contributed by atoms with E-state index in [0.717, 1.165) is 17.9 Å². The standard InChI is InChI=1S/C19H27N3S/c20-19(23)22-18-13-8-12-17(15-18)21-14-7-2-1-4-9-16-10-5-3-6-11-16/h5,8,10-13,15,21H,1-4,6-7,9,14H2,(H3,20,22,23). The zero-order chi connectivity index (χ0) is 16.3. The van der Waals surface area contributed by atoms with E-state index < -0.39 is 0 Å². The second-order valence-electron chi connectivity index (χ2n) is 5.92. The fourth-order valence-corrected chi connectivity index (χ4v) is 2.86. The smallest absolute Gasteiger partial charge is 0.168 e. The molecule has 0 spiro atoms. The van der Waals surface area contributed by atoms with E-state index in [-0.39, 0.29) is 0 Å². The molecule has 3 nitrogen and oxygen atoms in total. The zero-order valence-electron chi connectivity index (χ0n) is 13.7. The minimum Gasteiger partial charge on any atom is -0.385 e. The molecule has 2 rings (SSSR count). The molecule has 0 aromatic heterocycles. The highest BCUT2D eigenvalue weighted by atomic mass is 32.1. The van der Waals surface area contributed by atoms with Gasteiger partial charge in [0.1, 0.15) is 0 Å². The second kappa shape index (κ2) is 10.1. The summed E-state index contributed by atoms with van der Waals surface area (Å²) in [6.45, 7) is 0.999. The van der Waals surface area contributed by atoms with Crippen LogP contribution in [0, 0.1) is 0 Å². The summed E-state index contributed by atoms with van der Waals surface area (Å²) in [7, 11) is 0. The number of hydrogen-bond acceptors (Lipinski definition) is 2. The quantitative estimate of drug-likeness (QED) is 0.442. The maximum absolute atomic E-state index is 5.49. The van der Waals surface area contributed by atoms with Gasteiger partial charge in [-0.25, -0.2) is 0 Å². The minimum atomic E-state index is 0.296. The molecule has 4 heteroatoms. The van der Waals surface area contributed by atoms with Crippen molar-refractivity contribution in [3.05, 3.63) is 48.1 Å². The lowest BCUT2D eigenvalue weighted by Gasteiger charge is -2.09. The minimum absolute atomic E-state index is 0.296. The first-order valence-corrected chi connectivity index (χ1v) is 8.91. The molecule has 23 heavy (non-hydrogen) atoms. The average molecular weight is 330 g/mol. The van der Waals surface area contributed by atoms with Gasteiger partial charge in [0.15, 0.2) is 5.11 Å². The molecule has 1 aromatic rings. The van der Waals surface area contributed by atoms with Crippen molar-refractivity contribution in [3.8, 4) is 0 Å². The van der Waals surface area contributed by atoms with Gasteiger partial charge in [-0.1, -0.05) is 42.7 Å². The Morgan fingerprint density at radius 3 is 2.70 bits per heavy atom. The van der Waals surface area contributed by atoms with Gasteiger partial charge in [0, 0.05) is 17.9 Å². The van der Waals surface area contributed by atoms with Crippen LogP contribution < -0.4 is 16.4 Å². The molecule has 0 bridgehead atoms. The van der Waals surface area contributed by atoms with E-state index >= 15 is 0 Å². The highest BCUT2D eigenvalue weighted by molar-refractivity contribution is 7.80. The Kier molecular flexibility index (Phi) is 7.67. The van der Waals surface area contributed by atoms with Crippen molar-refractivity contribution in [1.29, 1.82) is 0 Å². The molecule has 0 amide bonds. The largest absolute Gasteiger partial charge is 0.385 e. The Labute approximate surface area is 145 Å². The summed E-state index contributed by atoms with van der Waals surface area (Å²) in [6, 6.07) is 8.04. The number of unbranched alkanes of at least 4 members (excludes halogenated alkanes) is 3. The van der Waals surface area contributed by atoms with E-state index in [1.54, 1.807) is 0 Å². The number of nitrogens with two attached hydrogens (primary N) is 1. The Hall–Kier alpha value is -1.81. The van der Waals surface area contributed by atoms with Crippen molar-refractivity contribution in [2.24, 2.45) is 5.73 Å². The third-order valence-corrected chi connectivity index (χ3v) is 4.03. The molecule has 124 valence electrons. The molecule has 0 fully saturated rings. The number of benzene rings is 1. The molecule has 0 saturated carbocycles. The van der Waals surface area contributed by atoms with Gasteiger partial charge in [-0.2, -0.15) is 0 Å². The van der Waals surface area contributed by atoms with Crippen molar-refractivity contribution in [2.75, 3.05) is 17.2 Å². The van der Waals surface area contributed by atoms with Gasteiger partial charge in [-0.15, -0.1) is 0 Å². The Morgan fingerprint density at radius 2 is 1.91 bits per heavy atom. The summed E-state index contributed by atoms with van der Waals surface area (Å²) in [5.74, 6) is 0. The summed E-state index contributed by atoms with van der Waals surface area (Å²) in [4.78, 5) is 0. The van der Waals surface area contributed by atoms with E-state index in [4.69, 9.17) is 18.0 Å². The van der Waals surface area contributed by atoms with Gasteiger partial charge < -0.3 is 16.4 Å². The monoisotopic (exact) mass is 329 g/mol. The first-order chi connectivity index (χ1) is 11.2. The Morgan fingerprint density at radius 1 is 1.09 bits per heavy atom. The maximum Gasteiger partial charge on any atom is 0.168 e. The Bertz CT molecular complexity index is 563. The molecule has 0 radical (unpaired) electrons. The van der Waals surface area contributed by atoms with Crippen molar-refractivity contribution < 1.29 is 0 Å². The van der Waals surface area contributed by atoms with Gasteiger partial charge in [0.2, 0.25) is 0 Å². The van der Waals surface area contributed by atoms with Crippen LogP contribution in [0.3, 0.4) is 0 Å². The zero-order valence-corrected chi connectivity index (χ0v) is 14.5. The summed E-state index contributed by atoms with van der Waals surface area (Å²) in [5, 5.41) is 6.70. The summed E-state index contributed by atoms with van der Waals surface area (Å²) in [5.41, 5.74) is 9.04. The average Bonchev–Trinajstić information content (AvgIpc) is 2.55. The predicted molar refractivity (Wildman–Crippen MR) is 105 cm³/mol. The number of nitrogens with one attached hydrogen (secondary N) is 2. The van der Waals surface area contributed by atoms with Crippen LogP contribution in [0.5, 0.6) is 0 Å². The summed E-state index contributed by atoms with van der Waals surface area (Å²) >= 11 is 4.85. The molecule has 0 aliphatic heterocycles. The fourth-order valence-electron chi connectivity index (χ4n) is 2.74.